The molecule has 0 bridgehead atoms. The molecule has 0 aliphatic rings. The van der Waals surface area contributed by atoms with E-state index in [9.17, 15) is 9.59 Å². The molecule has 4 aromatic rings. The number of fused-ring (bicyclic) bond motifs is 2. The van der Waals surface area contributed by atoms with Crippen molar-refractivity contribution in [3.8, 4) is 11.3 Å². The van der Waals surface area contributed by atoms with Crippen LogP contribution in [0.25, 0.3) is 27.8 Å². The van der Waals surface area contributed by atoms with E-state index in [1.54, 1.807) is 16.8 Å². The van der Waals surface area contributed by atoms with Gasteiger partial charge in [-0.05, 0) is 6.92 Å². The van der Waals surface area contributed by atoms with Gasteiger partial charge in [0.2, 0.25) is 11.8 Å². The number of nitrogens with one attached hydrogen (secondary N) is 2. The summed E-state index contributed by atoms with van der Waals surface area (Å²) in [7, 11) is 0. The molecule has 9 nitrogen and oxygen atoms in total. The number of carbonyl (C=O) groups excluding carboxylic acids is 2. The van der Waals surface area contributed by atoms with Crippen LogP contribution in [0, 0.1) is 5.82 Å². The van der Waals surface area contributed by atoms with E-state index in [1.165, 1.54) is 26.2 Å². The summed E-state index contributed by atoms with van der Waals surface area (Å²) in [6, 6.07) is 0. The summed E-state index contributed by atoms with van der Waals surface area (Å²) in [4.78, 5) is 31.4. The first-order valence-electron chi connectivity index (χ1n) is 8.54. The lowest BCUT2D eigenvalue weighted by molar-refractivity contribution is -0.119. The molecular weight excluding hydrogens is 401 g/mol. The quantitative estimate of drug-likeness (QED) is 0.471. The molecule has 2 amide bonds. The summed E-state index contributed by atoms with van der Waals surface area (Å²) in [6.07, 6.45) is 6.16. The number of H-pyrrole nitrogens is 1. The van der Waals surface area contributed by atoms with Crippen LogP contribution in [0.3, 0.4) is 0 Å². The van der Waals surface area contributed by atoms with Crippen LogP contribution in [0.15, 0.2) is 24.8 Å². The Morgan fingerprint density at radius 2 is 2.10 bits per heavy atom. The zero-order chi connectivity index (χ0) is 20.9. The van der Waals surface area contributed by atoms with Crippen molar-refractivity contribution in [2.24, 2.45) is 5.73 Å². The number of primary amides is 1. The topological polar surface area (TPSA) is 131 Å². The van der Waals surface area contributed by atoms with Crippen LogP contribution in [0.5, 0.6) is 0 Å². The monoisotopic (exact) mass is 415 g/mol. The molecule has 0 aliphatic heterocycles. The van der Waals surface area contributed by atoms with Gasteiger partial charge in [0.1, 0.15) is 5.82 Å². The molecule has 3 aromatic heterocycles. The summed E-state index contributed by atoms with van der Waals surface area (Å²) in [5, 5.41) is 9.57. The number of imidazole rings is 1. The molecule has 4 N–H and O–H groups in total. The summed E-state index contributed by atoms with van der Waals surface area (Å²) in [5.41, 5.74) is 6.88. The summed E-state index contributed by atoms with van der Waals surface area (Å²) >= 11 is 6.35. The van der Waals surface area contributed by atoms with Gasteiger partial charge in [-0.3, -0.25) is 19.7 Å². The lowest BCUT2D eigenvalue weighted by Crippen LogP contribution is -2.20. The molecule has 148 valence electrons. The first-order valence-corrected chi connectivity index (χ1v) is 8.91. The Kier molecular flexibility index (Phi) is 4.42. The van der Waals surface area contributed by atoms with Crippen molar-refractivity contribution < 1.29 is 14.0 Å². The van der Waals surface area contributed by atoms with Gasteiger partial charge in [-0.1, -0.05) is 11.6 Å². The Balaban J connectivity index is 1.93. The van der Waals surface area contributed by atoms with Crippen molar-refractivity contribution in [2.75, 3.05) is 5.32 Å². The highest BCUT2D eigenvalue weighted by Crippen LogP contribution is 2.40. The first-order chi connectivity index (χ1) is 13.8. The second-order valence-electron chi connectivity index (χ2n) is 6.54. The van der Waals surface area contributed by atoms with Crippen LogP contribution in [0.2, 0.25) is 5.02 Å². The Morgan fingerprint density at radius 3 is 2.79 bits per heavy atom. The first kappa shape index (κ1) is 18.8. The van der Waals surface area contributed by atoms with Gasteiger partial charge in [0.05, 0.1) is 40.7 Å². The van der Waals surface area contributed by atoms with Gasteiger partial charge in [-0.25, -0.2) is 9.37 Å². The molecular formula is C18H15ClFN7O2. The van der Waals surface area contributed by atoms with Crippen molar-refractivity contribution in [2.45, 2.75) is 19.8 Å². The zero-order valence-electron chi connectivity index (χ0n) is 15.3. The van der Waals surface area contributed by atoms with Crippen LogP contribution in [0.4, 0.5) is 10.2 Å². The van der Waals surface area contributed by atoms with Gasteiger partial charge in [0.15, 0.2) is 11.5 Å². The minimum absolute atomic E-state index is 0.0513. The van der Waals surface area contributed by atoms with E-state index in [4.69, 9.17) is 17.3 Å². The fourth-order valence-corrected chi connectivity index (χ4v) is 3.51. The third kappa shape index (κ3) is 3.07. The largest absolute Gasteiger partial charge is 0.369 e. The van der Waals surface area contributed by atoms with Crippen LogP contribution in [0.1, 0.15) is 25.3 Å². The molecule has 3 heterocycles. The van der Waals surface area contributed by atoms with E-state index < -0.39 is 17.6 Å². The van der Waals surface area contributed by atoms with E-state index >= 15 is 4.39 Å². The van der Waals surface area contributed by atoms with Crippen LogP contribution in [-0.2, 0) is 9.59 Å². The lowest BCUT2D eigenvalue weighted by atomic mass is 9.94. The number of rotatable bonds is 4. The molecule has 0 spiro atoms. The molecule has 0 unspecified atom stereocenters. The smallest absolute Gasteiger partial charge is 0.224 e. The van der Waals surface area contributed by atoms with Crippen molar-refractivity contribution in [1.29, 1.82) is 0 Å². The van der Waals surface area contributed by atoms with E-state index in [2.05, 4.69) is 25.5 Å². The Labute approximate surface area is 168 Å². The maximum atomic E-state index is 15.1. The molecule has 29 heavy (non-hydrogen) atoms. The van der Waals surface area contributed by atoms with E-state index in [-0.39, 0.29) is 16.5 Å². The maximum absolute atomic E-state index is 15.1. The van der Waals surface area contributed by atoms with E-state index in [0.717, 1.165) is 0 Å². The van der Waals surface area contributed by atoms with Gasteiger partial charge in [-0.15, -0.1) is 0 Å². The molecule has 0 aliphatic carbocycles. The Morgan fingerprint density at radius 1 is 1.34 bits per heavy atom. The predicted molar refractivity (Wildman–Crippen MR) is 105 cm³/mol. The van der Waals surface area contributed by atoms with Crippen LogP contribution in [-0.4, -0.2) is 36.4 Å². The highest BCUT2D eigenvalue weighted by molar-refractivity contribution is 6.35. The van der Waals surface area contributed by atoms with Gasteiger partial charge >= 0.3 is 0 Å². The number of aromatic nitrogens is 5. The maximum Gasteiger partial charge on any atom is 0.224 e. The fraction of sp³-hybridized carbons (Fsp3) is 0.167. The number of aromatic amines is 1. The van der Waals surface area contributed by atoms with Gasteiger partial charge in [-0.2, -0.15) is 5.10 Å². The number of nitrogens with zero attached hydrogens (tertiary/aromatic N) is 4. The molecule has 0 radical (unpaired) electrons. The number of amides is 2. The summed E-state index contributed by atoms with van der Waals surface area (Å²) < 4.78 is 16.8. The van der Waals surface area contributed by atoms with Crippen molar-refractivity contribution in [1.82, 2.24) is 24.6 Å². The van der Waals surface area contributed by atoms with Crippen molar-refractivity contribution in [3.63, 3.8) is 0 Å². The third-order valence-electron chi connectivity index (χ3n) is 4.59. The number of hydrogen-bond acceptors (Lipinski definition) is 5. The SMILES string of the molecule is CC(=O)Nc1cn2cc(-c3c(Cl)c(F)c([C@H](C)C(N)=O)c4[nH]ncc34)ncc2n1. The second-order valence-corrected chi connectivity index (χ2v) is 6.92. The average molecular weight is 416 g/mol. The standard InChI is InChI=1S/C18H15ClFN7O2/c1-7(18(21)29)13-16(20)15(19)14(9-3-23-26-17(9)13)10-5-27-6-11(24-8(2)28)25-12(27)4-22-10/h3-7H,1-2H3,(H2,21,29)(H,23,26)(H,24,28)/t7-/m0/s1. The normalized spacial score (nSPS) is 12.4. The highest BCUT2D eigenvalue weighted by atomic mass is 35.5. The predicted octanol–water partition coefficient (Wildman–Crippen LogP) is 2.61. The van der Waals surface area contributed by atoms with Gasteiger partial charge in [0.25, 0.3) is 0 Å². The minimum atomic E-state index is -0.909. The lowest BCUT2D eigenvalue weighted by Gasteiger charge is -2.15. The number of hydrogen-bond donors (Lipinski definition) is 3. The molecule has 0 saturated heterocycles. The molecule has 4 rings (SSSR count). The third-order valence-corrected chi connectivity index (χ3v) is 4.94. The second kappa shape index (κ2) is 6.82. The summed E-state index contributed by atoms with van der Waals surface area (Å²) in [6.45, 7) is 2.87. The average Bonchev–Trinajstić information content (AvgIpc) is 3.27. The minimum Gasteiger partial charge on any atom is -0.369 e. The van der Waals surface area contributed by atoms with Crippen LogP contribution < -0.4 is 11.1 Å². The highest BCUT2D eigenvalue weighted by Gasteiger charge is 2.27. The fourth-order valence-electron chi connectivity index (χ4n) is 3.21. The van der Waals surface area contributed by atoms with Crippen molar-refractivity contribution in [3.05, 3.63) is 41.2 Å². The Bertz CT molecular complexity index is 1300. The number of carbonyl (C=O) groups is 2. The molecule has 0 saturated carbocycles. The number of benzene rings is 1. The van der Waals surface area contributed by atoms with E-state index in [1.807, 2.05) is 0 Å². The van der Waals surface area contributed by atoms with Crippen molar-refractivity contribution >= 4 is 45.8 Å². The molecule has 1 atom stereocenters. The van der Waals surface area contributed by atoms with Gasteiger partial charge < -0.3 is 15.5 Å². The molecule has 11 heteroatoms. The number of halogens is 2. The van der Waals surface area contributed by atoms with Gasteiger partial charge in [0, 0.05) is 29.6 Å². The Hall–Kier alpha value is -3.53. The number of anilines is 1. The number of nitrogens with two attached hydrogens (primary N) is 1. The molecule has 1 aromatic carbocycles. The zero-order valence-corrected chi connectivity index (χ0v) is 16.1. The summed E-state index contributed by atoms with van der Waals surface area (Å²) in [5.74, 6) is -2.27. The molecule has 0 fully saturated rings. The van der Waals surface area contributed by atoms with E-state index in [0.29, 0.717) is 33.6 Å². The van der Waals surface area contributed by atoms with Crippen LogP contribution >= 0.6 is 11.6 Å².